The van der Waals surface area contributed by atoms with Crippen LogP contribution in [0.1, 0.15) is 97.0 Å². The van der Waals surface area contributed by atoms with E-state index in [1.807, 2.05) is 46.9 Å². The van der Waals surface area contributed by atoms with Gasteiger partial charge in [-0.25, -0.2) is 4.98 Å². The van der Waals surface area contributed by atoms with Crippen molar-refractivity contribution in [1.82, 2.24) is 20.2 Å². The van der Waals surface area contributed by atoms with Crippen LogP contribution in [0.2, 0.25) is 5.02 Å². The van der Waals surface area contributed by atoms with Gasteiger partial charge in [0.15, 0.2) is 24.2 Å². The van der Waals surface area contributed by atoms with Crippen molar-refractivity contribution in [3.05, 3.63) is 81.8 Å². The van der Waals surface area contributed by atoms with Gasteiger partial charge in [-0.05, 0) is 94.8 Å². The number of aromatic nitrogens is 2. The highest BCUT2D eigenvalue weighted by molar-refractivity contribution is 6.33. The van der Waals surface area contributed by atoms with E-state index in [2.05, 4.69) is 26.6 Å². The van der Waals surface area contributed by atoms with Crippen LogP contribution in [0.3, 0.4) is 0 Å². The van der Waals surface area contributed by atoms with E-state index >= 15 is 0 Å². The summed E-state index contributed by atoms with van der Waals surface area (Å²) in [5.74, 6) is 0.284. The SMILES string of the molecule is CCNC(=O)c1cc(C(=O)Nc2ncccc2Cl)c(C)cc1O[C@H](CN1CC[N+](C(=O)OC(C)(C)C)=C(C)C1)c1ccc(C2CC2)cn1. The molecule has 0 spiro atoms. The van der Waals surface area contributed by atoms with Crippen LogP contribution in [0.4, 0.5) is 10.6 Å². The number of hydrogen-bond donors (Lipinski definition) is 2. The van der Waals surface area contributed by atoms with Gasteiger partial charge in [-0.3, -0.25) is 19.5 Å². The fourth-order valence-electron chi connectivity index (χ4n) is 5.59. The highest BCUT2D eigenvalue weighted by atomic mass is 35.5. The summed E-state index contributed by atoms with van der Waals surface area (Å²) in [7, 11) is 0. The van der Waals surface area contributed by atoms with Gasteiger partial charge in [-0.2, -0.15) is 4.79 Å². The van der Waals surface area contributed by atoms with E-state index in [0.29, 0.717) is 55.0 Å². The van der Waals surface area contributed by atoms with E-state index < -0.39 is 17.6 Å². The second-order valence-corrected chi connectivity index (χ2v) is 13.7. The Hall–Kier alpha value is -4.35. The maximum Gasteiger partial charge on any atom is 0.596 e. The number of carbonyl (C=O) groups excluding carboxylic acids is 3. The lowest BCUT2D eigenvalue weighted by Crippen LogP contribution is -2.48. The van der Waals surface area contributed by atoms with Crippen molar-refractivity contribution >= 4 is 41.0 Å². The average molecular weight is 676 g/mol. The molecule has 1 atom stereocenters. The smallest absolute Gasteiger partial charge is 0.482 e. The second kappa shape index (κ2) is 14.8. The lowest BCUT2D eigenvalue weighted by molar-refractivity contribution is -0.458. The molecule has 0 radical (unpaired) electrons. The van der Waals surface area contributed by atoms with Crippen LogP contribution in [0.15, 0.2) is 48.8 Å². The molecular formula is C36H44ClN6O5+. The van der Waals surface area contributed by atoms with E-state index in [1.54, 1.807) is 35.8 Å². The summed E-state index contributed by atoms with van der Waals surface area (Å²) in [6, 6.07) is 10.6. The van der Waals surface area contributed by atoms with Gasteiger partial charge in [0.2, 0.25) is 0 Å². The maximum absolute atomic E-state index is 13.4. The van der Waals surface area contributed by atoms with E-state index in [0.717, 1.165) is 11.4 Å². The van der Waals surface area contributed by atoms with Gasteiger partial charge >= 0.3 is 6.09 Å². The summed E-state index contributed by atoms with van der Waals surface area (Å²) >= 11 is 6.23. The average Bonchev–Trinajstić information content (AvgIpc) is 3.87. The first-order chi connectivity index (χ1) is 22.8. The van der Waals surface area contributed by atoms with Crippen molar-refractivity contribution in [1.29, 1.82) is 0 Å². The molecular weight excluding hydrogens is 632 g/mol. The van der Waals surface area contributed by atoms with Gasteiger partial charge in [0.1, 0.15) is 11.4 Å². The molecule has 1 aromatic carbocycles. The highest BCUT2D eigenvalue weighted by Crippen LogP contribution is 2.40. The number of nitrogens with zero attached hydrogens (tertiary/aromatic N) is 4. The molecule has 254 valence electrons. The Morgan fingerprint density at radius 2 is 1.85 bits per heavy atom. The maximum atomic E-state index is 13.4. The number of pyridine rings is 2. The molecule has 12 heteroatoms. The molecule has 5 rings (SSSR count). The number of nitrogens with one attached hydrogen (secondary N) is 2. The van der Waals surface area contributed by atoms with Gasteiger partial charge in [-0.15, -0.1) is 4.58 Å². The predicted molar refractivity (Wildman–Crippen MR) is 184 cm³/mol. The third-order valence-electron chi connectivity index (χ3n) is 8.19. The summed E-state index contributed by atoms with van der Waals surface area (Å²) in [4.78, 5) is 50.8. The predicted octanol–water partition coefficient (Wildman–Crippen LogP) is 6.16. The molecule has 1 saturated carbocycles. The van der Waals surface area contributed by atoms with Gasteiger partial charge in [0.05, 0.1) is 29.4 Å². The van der Waals surface area contributed by atoms with Crippen molar-refractivity contribution in [2.75, 3.05) is 38.0 Å². The Morgan fingerprint density at radius 1 is 1.08 bits per heavy atom. The Balaban J connectivity index is 1.45. The van der Waals surface area contributed by atoms with Crippen LogP contribution in [0.25, 0.3) is 0 Å². The third kappa shape index (κ3) is 8.76. The largest absolute Gasteiger partial charge is 0.596 e. The quantitative estimate of drug-likeness (QED) is 0.245. The number of hydrogen-bond acceptors (Lipinski definition) is 8. The van der Waals surface area contributed by atoms with E-state index in [4.69, 9.17) is 26.1 Å². The van der Waals surface area contributed by atoms with Gasteiger partial charge in [-0.1, -0.05) is 17.7 Å². The Morgan fingerprint density at radius 3 is 2.48 bits per heavy atom. The lowest BCUT2D eigenvalue weighted by atomic mass is 10.0. The molecule has 48 heavy (non-hydrogen) atoms. The molecule has 3 aromatic rings. The van der Waals surface area contributed by atoms with Crippen LogP contribution in [0, 0.1) is 6.92 Å². The lowest BCUT2D eigenvalue weighted by Gasteiger charge is -2.30. The van der Waals surface area contributed by atoms with Crippen molar-refractivity contribution in [3.8, 4) is 5.75 Å². The summed E-state index contributed by atoms with van der Waals surface area (Å²) in [5, 5.41) is 5.89. The van der Waals surface area contributed by atoms with Gasteiger partial charge in [0.25, 0.3) is 11.8 Å². The zero-order valence-corrected chi connectivity index (χ0v) is 29.2. The fourth-order valence-corrected chi connectivity index (χ4v) is 5.76. The molecule has 2 aliphatic rings. The normalized spacial score (nSPS) is 15.9. The minimum atomic E-state index is -0.590. The van der Waals surface area contributed by atoms with Crippen LogP contribution in [-0.4, -0.2) is 81.4 Å². The van der Waals surface area contributed by atoms with E-state index in [-0.39, 0.29) is 28.9 Å². The first kappa shape index (κ1) is 35.0. The molecule has 2 N–H and O–H groups in total. The number of halogens is 1. The number of aryl methyl sites for hydroxylation is 1. The molecule has 1 aliphatic carbocycles. The summed E-state index contributed by atoms with van der Waals surface area (Å²) in [6.45, 7) is 13.5. The first-order valence-electron chi connectivity index (χ1n) is 16.4. The topological polar surface area (TPSA) is 126 Å². The van der Waals surface area contributed by atoms with Crippen molar-refractivity contribution < 1.29 is 28.4 Å². The second-order valence-electron chi connectivity index (χ2n) is 13.3. The molecule has 1 aliphatic heterocycles. The third-order valence-corrected chi connectivity index (χ3v) is 8.50. The Bertz CT molecular complexity index is 1710. The van der Waals surface area contributed by atoms with Crippen LogP contribution in [0.5, 0.6) is 5.75 Å². The van der Waals surface area contributed by atoms with Gasteiger partial charge < -0.3 is 20.1 Å². The van der Waals surface area contributed by atoms with Crippen LogP contribution in [-0.2, 0) is 4.74 Å². The van der Waals surface area contributed by atoms with Crippen LogP contribution >= 0.6 is 11.6 Å². The zero-order valence-electron chi connectivity index (χ0n) is 28.4. The summed E-state index contributed by atoms with van der Waals surface area (Å²) < 4.78 is 14.0. The van der Waals surface area contributed by atoms with Crippen LogP contribution < -0.4 is 15.4 Å². The first-order valence-corrected chi connectivity index (χ1v) is 16.7. The number of amides is 3. The molecule has 2 aromatic heterocycles. The van der Waals surface area contributed by atoms with Crippen molar-refractivity contribution in [2.45, 2.75) is 72.0 Å². The summed E-state index contributed by atoms with van der Waals surface area (Å²) in [6.07, 6.45) is 4.86. The zero-order chi connectivity index (χ0) is 34.6. The molecule has 3 heterocycles. The number of rotatable bonds is 10. The van der Waals surface area contributed by atoms with E-state index in [1.165, 1.54) is 24.6 Å². The molecule has 11 nitrogen and oxygen atoms in total. The van der Waals surface area contributed by atoms with Crippen molar-refractivity contribution in [2.24, 2.45) is 0 Å². The van der Waals surface area contributed by atoms with E-state index in [9.17, 15) is 14.4 Å². The summed E-state index contributed by atoms with van der Waals surface area (Å²) in [5.41, 5.74) is 3.32. The number of benzene rings is 1. The fraction of sp³-hybridized carbons (Fsp3) is 0.444. The monoisotopic (exact) mass is 675 g/mol. The standard InChI is InChI=1S/C36H43ClN6O5/c1-7-38-33(44)27-18-26(34(45)41-32-28(37)9-8-14-39-32)22(2)17-30(27)47-31(29-13-12-25(19-40-29)24-10-11-24)21-42-15-16-43(23(3)20-42)35(46)48-36(4,5)6/h8-9,12-14,17-19,24,31H,7,10-11,15-16,20-21H2,1-6H3,(H-,38,39,41,44,45)/p+1/t31-/m1/s1. The molecule has 0 saturated heterocycles. The highest BCUT2D eigenvalue weighted by Gasteiger charge is 2.34. The van der Waals surface area contributed by atoms with Gasteiger partial charge in [0, 0.05) is 38.0 Å². The molecule has 1 fully saturated rings. The number of ether oxygens (including phenoxy) is 2. The molecule has 0 unspecified atom stereocenters. The Kier molecular flexibility index (Phi) is 10.8. The van der Waals surface area contributed by atoms with Crippen molar-refractivity contribution in [3.63, 3.8) is 0 Å². The minimum absolute atomic E-state index is 0.219. The minimum Gasteiger partial charge on any atom is -0.482 e. The Labute approximate surface area is 286 Å². The molecule has 3 amide bonds. The molecule has 0 bridgehead atoms. The number of anilines is 1. The number of carbonyl (C=O) groups is 3.